The first-order valence-electron chi connectivity index (χ1n) is 6.09. The van der Waals surface area contributed by atoms with Crippen LogP contribution >= 0.6 is 23.2 Å². The molecule has 2 aromatic rings. The second-order valence-corrected chi connectivity index (χ2v) is 6.90. The van der Waals surface area contributed by atoms with Gasteiger partial charge in [0.25, 0.3) is 5.91 Å². The molecule has 0 bridgehead atoms. The first kappa shape index (κ1) is 16.8. The van der Waals surface area contributed by atoms with Crippen molar-refractivity contribution in [3.63, 3.8) is 0 Å². The first-order chi connectivity index (χ1) is 10.2. The zero-order valence-electron chi connectivity index (χ0n) is 11.4. The molecule has 0 radical (unpaired) electrons. The number of rotatable bonds is 3. The monoisotopic (exact) mass is 358 g/mol. The fourth-order valence-electron chi connectivity index (χ4n) is 1.80. The van der Waals surface area contributed by atoms with Gasteiger partial charge in [0.1, 0.15) is 4.90 Å². The highest BCUT2D eigenvalue weighted by Gasteiger charge is 2.17. The van der Waals surface area contributed by atoms with Crippen molar-refractivity contribution in [2.75, 3.05) is 5.32 Å². The number of hydrogen-bond donors (Lipinski definition) is 2. The van der Waals surface area contributed by atoms with Crippen molar-refractivity contribution in [1.82, 2.24) is 0 Å². The Balaban J connectivity index is 2.37. The van der Waals surface area contributed by atoms with Crippen molar-refractivity contribution in [3.8, 4) is 0 Å². The molecule has 0 saturated carbocycles. The molecule has 0 spiro atoms. The quantitative estimate of drug-likeness (QED) is 0.882. The smallest absolute Gasteiger partial charge is 0.255 e. The molecule has 0 aliphatic rings. The molecule has 0 saturated heterocycles. The molecule has 0 aromatic heterocycles. The number of carbonyl (C=O) groups excluding carboxylic acids is 1. The standard InChI is InChI=1S/C14H12Cl2N2O3S/c1-8-10(15)3-2-4-12(8)18-14(19)9-5-6-11(16)13(7-9)22(17,20)21/h2-7H,1H3,(H,18,19)(H2,17,20,21). The second-order valence-electron chi connectivity index (χ2n) is 4.56. The third kappa shape index (κ3) is 3.59. The molecule has 2 rings (SSSR count). The SMILES string of the molecule is Cc1c(Cl)cccc1NC(=O)c1ccc(Cl)c(S(N)(=O)=O)c1. The molecule has 5 nitrogen and oxygen atoms in total. The Morgan fingerprint density at radius 3 is 2.45 bits per heavy atom. The summed E-state index contributed by atoms with van der Waals surface area (Å²) in [4.78, 5) is 11.9. The third-order valence-electron chi connectivity index (χ3n) is 3.02. The van der Waals surface area contributed by atoms with E-state index in [0.29, 0.717) is 16.3 Å². The molecule has 0 fully saturated rings. The fraction of sp³-hybridized carbons (Fsp3) is 0.0714. The minimum Gasteiger partial charge on any atom is -0.322 e. The van der Waals surface area contributed by atoms with E-state index in [2.05, 4.69) is 5.32 Å². The Morgan fingerprint density at radius 1 is 1.14 bits per heavy atom. The summed E-state index contributed by atoms with van der Waals surface area (Å²) >= 11 is 11.8. The largest absolute Gasteiger partial charge is 0.322 e. The van der Waals surface area contributed by atoms with E-state index < -0.39 is 15.9 Å². The van der Waals surface area contributed by atoms with Crippen LogP contribution in [0.2, 0.25) is 10.0 Å². The molecule has 0 aliphatic heterocycles. The zero-order chi connectivity index (χ0) is 16.5. The van der Waals surface area contributed by atoms with Gasteiger partial charge in [0.2, 0.25) is 10.0 Å². The Morgan fingerprint density at radius 2 is 1.82 bits per heavy atom. The lowest BCUT2D eigenvalue weighted by molar-refractivity contribution is 0.102. The summed E-state index contributed by atoms with van der Waals surface area (Å²) in [5.41, 5.74) is 1.36. The molecule has 116 valence electrons. The number of nitrogens with one attached hydrogen (secondary N) is 1. The van der Waals surface area contributed by atoms with Crippen LogP contribution in [0.5, 0.6) is 0 Å². The van der Waals surface area contributed by atoms with Gasteiger partial charge in [0, 0.05) is 16.3 Å². The van der Waals surface area contributed by atoms with Gasteiger partial charge in [-0.1, -0.05) is 29.3 Å². The van der Waals surface area contributed by atoms with Gasteiger partial charge < -0.3 is 5.32 Å². The average Bonchev–Trinajstić information content (AvgIpc) is 2.43. The first-order valence-corrected chi connectivity index (χ1v) is 8.39. The zero-order valence-corrected chi connectivity index (χ0v) is 13.8. The highest BCUT2D eigenvalue weighted by Crippen LogP contribution is 2.25. The predicted molar refractivity (Wildman–Crippen MR) is 87.0 cm³/mol. The van der Waals surface area contributed by atoms with Crippen LogP contribution < -0.4 is 10.5 Å². The Kier molecular flexibility index (Phi) is 4.77. The number of nitrogens with two attached hydrogens (primary N) is 1. The van der Waals surface area contributed by atoms with Gasteiger partial charge in [0.15, 0.2) is 0 Å². The van der Waals surface area contributed by atoms with Crippen molar-refractivity contribution >= 4 is 44.8 Å². The number of hydrogen-bond acceptors (Lipinski definition) is 3. The number of anilines is 1. The van der Waals surface area contributed by atoms with Crippen LogP contribution in [0.1, 0.15) is 15.9 Å². The summed E-state index contributed by atoms with van der Waals surface area (Å²) < 4.78 is 22.9. The van der Waals surface area contributed by atoms with Gasteiger partial charge in [-0.2, -0.15) is 0 Å². The third-order valence-corrected chi connectivity index (χ3v) is 4.82. The normalized spacial score (nSPS) is 11.3. The Bertz CT molecular complexity index is 851. The van der Waals surface area contributed by atoms with E-state index in [4.69, 9.17) is 28.3 Å². The van der Waals surface area contributed by atoms with Gasteiger partial charge in [-0.25, -0.2) is 13.6 Å². The number of carbonyl (C=O) groups is 1. The van der Waals surface area contributed by atoms with E-state index in [1.54, 1.807) is 25.1 Å². The number of benzene rings is 2. The van der Waals surface area contributed by atoms with Crippen LogP contribution in [0.4, 0.5) is 5.69 Å². The Hall–Kier alpha value is -1.60. The van der Waals surface area contributed by atoms with E-state index in [9.17, 15) is 13.2 Å². The number of amides is 1. The van der Waals surface area contributed by atoms with Crippen molar-refractivity contribution < 1.29 is 13.2 Å². The second kappa shape index (κ2) is 6.26. The highest BCUT2D eigenvalue weighted by atomic mass is 35.5. The van der Waals surface area contributed by atoms with Crippen LogP contribution in [0.3, 0.4) is 0 Å². The van der Waals surface area contributed by atoms with Gasteiger partial charge in [0.05, 0.1) is 5.02 Å². The van der Waals surface area contributed by atoms with E-state index in [1.807, 2.05) is 0 Å². The van der Waals surface area contributed by atoms with Crippen LogP contribution in [-0.2, 0) is 10.0 Å². The number of primary sulfonamides is 1. The van der Waals surface area contributed by atoms with Gasteiger partial charge in [-0.15, -0.1) is 0 Å². The molecule has 8 heteroatoms. The van der Waals surface area contributed by atoms with Crippen molar-refractivity contribution in [3.05, 3.63) is 57.6 Å². The van der Waals surface area contributed by atoms with E-state index in [1.165, 1.54) is 12.1 Å². The van der Waals surface area contributed by atoms with E-state index in [0.717, 1.165) is 6.07 Å². The minimum absolute atomic E-state index is 0.0435. The Labute approximate surface area is 138 Å². The molecule has 2 aromatic carbocycles. The van der Waals surface area contributed by atoms with Crippen molar-refractivity contribution in [1.29, 1.82) is 0 Å². The lowest BCUT2D eigenvalue weighted by Crippen LogP contribution is -2.16. The van der Waals surface area contributed by atoms with Crippen molar-refractivity contribution in [2.24, 2.45) is 5.14 Å². The van der Waals surface area contributed by atoms with Crippen LogP contribution in [0.25, 0.3) is 0 Å². The number of sulfonamides is 1. The summed E-state index contributed by atoms with van der Waals surface area (Å²) in [5, 5.41) is 8.19. The maximum Gasteiger partial charge on any atom is 0.255 e. The molecular weight excluding hydrogens is 347 g/mol. The van der Waals surface area contributed by atoms with Crippen LogP contribution in [0, 0.1) is 6.92 Å². The summed E-state index contributed by atoms with van der Waals surface area (Å²) in [6.45, 7) is 1.76. The lowest BCUT2D eigenvalue weighted by atomic mass is 10.1. The maximum atomic E-state index is 12.2. The molecule has 1 amide bonds. The average molecular weight is 359 g/mol. The predicted octanol–water partition coefficient (Wildman–Crippen LogP) is 3.20. The molecule has 0 aliphatic carbocycles. The summed E-state index contributed by atoms with van der Waals surface area (Å²) in [7, 11) is -4.01. The summed E-state index contributed by atoms with van der Waals surface area (Å²) in [6.07, 6.45) is 0. The molecule has 0 heterocycles. The van der Waals surface area contributed by atoms with E-state index in [-0.39, 0.29) is 15.5 Å². The van der Waals surface area contributed by atoms with Crippen LogP contribution in [-0.4, -0.2) is 14.3 Å². The van der Waals surface area contributed by atoms with E-state index >= 15 is 0 Å². The summed E-state index contributed by atoms with van der Waals surface area (Å²) in [5.74, 6) is -0.494. The molecule has 22 heavy (non-hydrogen) atoms. The topological polar surface area (TPSA) is 89.3 Å². The van der Waals surface area contributed by atoms with Gasteiger partial charge >= 0.3 is 0 Å². The van der Waals surface area contributed by atoms with Crippen molar-refractivity contribution in [2.45, 2.75) is 11.8 Å². The highest BCUT2D eigenvalue weighted by molar-refractivity contribution is 7.89. The minimum atomic E-state index is -4.01. The lowest BCUT2D eigenvalue weighted by Gasteiger charge is -2.10. The molecule has 3 N–H and O–H groups in total. The maximum absolute atomic E-state index is 12.2. The molecule has 0 unspecified atom stereocenters. The van der Waals surface area contributed by atoms with Gasteiger partial charge in [-0.05, 0) is 42.8 Å². The number of halogens is 2. The van der Waals surface area contributed by atoms with Gasteiger partial charge in [-0.3, -0.25) is 4.79 Å². The fourth-order valence-corrected chi connectivity index (χ4v) is 3.05. The molecule has 0 atom stereocenters. The molecular formula is C14H12Cl2N2O3S. The summed E-state index contributed by atoms with van der Waals surface area (Å²) in [6, 6.07) is 8.94. The van der Waals surface area contributed by atoms with Crippen LogP contribution in [0.15, 0.2) is 41.3 Å².